The van der Waals surface area contributed by atoms with E-state index in [4.69, 9.17) is 0 Å². The molecule has 2 N–H and O–H groups in total. The number of fused-ring (bicyclic) bond motifs is 1. The largest absolute Gasteiger partial charge is 0.352 e. The van der Waals surface area contributed by atoms with E-state index < -0.39 is 10.0 Å². The third kappa shape index (κ3) is 2.76. The summed E-state index contributed by atoms with van der Waals surface area (Å²) >= 11 is 0. The summed E-state index contributed by atoms with van der Waals surface area (Å²) in [6.07, 6.45) is 2.36. The fourth-order valence-corrected chi connectivity index (χ4v) is 4.58. The number of sulfonamides is 1. The van der Waals surface area contributed by atoms with E-state index in [1.807, 2.05) is 7.05 Å². The van der Waals surface area contributed by atoms with Crippen molar-refractivity contribution in [2.75, 3.05) is 26.7 Å². The molecule has 0 spiro atoms. The molecular weight excluding hydrogens is 302 g/mol. The average molecular weight is 323 g/mol. The van der Waals surface area contributed by atoms with Crippen LogP contribution in [0, 0.1) is 0 Å². The summed E-state index contributed by atoms with van der Waals surface area (Å²) < 4.78 is 27.0. The quantitative estimate of drug-likeness (QED) is 0.841. The number of piperidine rings is 1. The first-order valence-corrected chi connectivity index (χ1v) is 9.05. The van der Waals surface area contributed by atoms with Crippen LogP contribution in [-0.2, 0) is 16.4 Å². The molecule has 2 aliphatic heterocycles. The molecule has 1 fully saturated rings. The molecule has 1 aromatic carbocycles. The van der Waals surface area contributed by atoms with E-state index in [0.29, 0.717) is 31.2 Å². The fourth-order valence-electron chi connectivity index (χ4n) is 3.09. The van der Waals surface area contributed by atoms with Gasteiger partial charge in [-0.15, -0.1) is 0 Å². The van der Waals surface area contributed by atoms with Gasteiger partial charge >= 0.3 is 0 Å². The Morgan fingerprint density at radius 1 is 1.27 bits per heavy atom. The number of nitrogens with one attached hydrogen (secondary N) is 2. The normalized spacial score (nSPS) is 20.5. The third-order valence-electron chi connectivity index (χ3n) is 4.51. The molecule has 2 heterocycles. The summed E-state index contributed by atoms with van der Waals surface area (Å²) in [6, 6.07) is 5.28. The van der Waals surface area contributed by atoms with Crippen LogP contribution in [0.1, 0.15) is 28.8 Å². The second-order valence-corrected chi connectivity index (χ2v) is 7.73. The topological polar surface area (TPSA) is 78.5 Å². The lowest BCUT2D eigenvalue weighted by Gasteiger charge is -2.31. The minimum Gasteiger partial charge on any atom is -0.352 e. The van der Waals surface area contributed by atoms with Gasteiger partial charge in [0.2, 0.25) is 10.0 Å². The van der Waals surface area contributed by atoms with E-state index in [9.17, 15) is 13.2 Å². The summed E-state index contributed by atoms with van der Waals surface area (Å²) in [5.74, 6) is -0.188. The maximum atomic E-state index is 12.7. The molecule has 0 unspecified atom stereocenters. The fraction of sp³-hybridized carbons (Fsp3) is 0.533. The highest BCUT2D eigenvalue weighted by atomic mass is 32.2. The zero-order valence-corrected chi connectivity index (χ0v) is 13.4. The number of nitrogens with zero attached hydrogens (tertiary/aromatic N) is 1. The predicted molar refractivity (Wildman–Crippen MR) is 83.3 cm³/mol. The van der Waals surface area contributed by atoms with Gasteiger partial charge in [0.25, 0.3) is 5.91 Å². The Balaban J connectivity index is 1.87. The van der Waals surface area contributed by atoms with Gasteiger partial charge in [-0.2, -0.15) is 4.31 Å². The van der Waals surface area contributed by atoms with Crippen molar-refractivity contribution in [1.29, 1.82) is 0 Å². The molecule has 3 rings (SSSR count). The van der Waals surface area contributed by atoms with Gasteiger partial charge in [0.1, 0.15) is 0 Å². The van der Waals surface area contributed by atoms with Crippen LogP contribution in [0.5, 0.6) is 0 Å². The number of hydrogen-bond acceptors (Lipinski definition) is 4. The lowest BCUT2D eigenvalue weighted by Crippen LogP contribution is -2.44. The molecule has 120 valence electrons. The molecule has 0 radical (unpaired) electrons. The summed E-state index contributed by atoms with van der Waals surface area (Å²) in [7, 11) is -1.63. The van der Waals surface area contributed by atoms with Crippen molar-refractivity contribution in [2.45, 2.75) is 30.2 Å². The third-order valence-corrected chi connectivity index (χ3v) is 6.40. The summed E-state index contributed by atoms with van der Waals surface area (Å²) in [5, 5.41) is 5.94. The average Bonchev–Trinajstić information content (AvgIpc) is 2.55. The number of amides is 1. The Morgan fingerprint density at radius 3 is 2.68 bits per heavy atom. The van der Waals surface area contributed by atoms with Crippen LogP contribution in [0.4, 0.5) is 0 Å². The van der Waals surface area contributed by atoms with Crippen molar-refractivity contribution in [2.24, 2.45) is 0 Å². The first-order valence-electron chi connectivity index (χ1n) is 7.61. The molecule has 6 nitrogen and oxygen atoms in total. The highest BCUT2D eigenvalue weighted by Crippen LogP contribution is 2.24. The maximum Gasteiger partial charge on any atom is 0.251 e. The van der Waals surface area contributed by atoms with Crippen LogP contribution in [0.15, 0.2) is 23.1 Å². The highest BCUT2D eigenvalue weighted by molar-refractivity contribution is 7.89. The summed E-state index contributed by atoms with van der Waals surface area (Å²) in [4.78, 5) is 12.1. The number of benzene rings is 1. The number of carbonyl (C=O) groups excluding carboxylic acids is 1. The second kappa shape index (κ2) is 5.98. The first-order chi connectivity index (χ1) is 10.5. The van der Waals surface area contributed by atoms with Crippen molar-refractivity contribution in [1.82, 2.24) is 14.9 Å². The van der Waals surface area contributed by atoms with Gasteiger partial charge in [0.15, 0.2) is 0 Å². The van der Waals surface area contributed by atoms with Crippen molar-refractivity contribution < 1.29 is 13.2 Å². The van der Waals surface area contributed by atoms with Gasteiger partial charge < -0.3 is 10.6 Å². The molecule has 0 atom stereocenters. The van der Waals surface area contributed by atoms with Gasteiger partial charge in [-0.3, -0.25) is 4.79 Å². The molecule has 1 amide bonds. The Morgan fingerprint density at radius 2 is 2.00 bits per heavy atom. The Hall–Kier alpha value is -1.44. The van der Waals surface area contributed by atoms with Crippen molar-refractivity contribution in [3.63, 3.8) is 0 Å². The Labute approximate surface area is 130 Å². The van der Waals surface area contributed by atoms with E-state index in [0.717, 1.165) is 24.8 Å². The van der Waals surface area contributed by atoms with Crippen molar-refractivity contribution in [3.8, 4) is 0 Å². The van der Waals surface area contributed by atoms with E-state index in [1.54, 1.807) is 12.1 Å². The van der Waals surface area contributed by atoms with Crippen LogP contribution in [0.25, 0.3) is 0 Å². The molecule has 0 aliphatic carbocycles. The first kappa shape index (κ1) is 15.5. The van der Waals surface area contributed by atoms with E-state index in [1.165, 1.54) is 10.4 Å². The van der Waals surface area contributed by atoms with Crippen LogP contribution in [-0.4, -0.2) is 51.4 Å². The Bertz CT molecular complexity index is 679. The summed E-state index contributed by atoms with van der Waals surface area (Å²) in [6.45, 7) is 1.63. The smallest absolute Gasteiger partial charge is 0.251 e. The molecule has 1 aromatic rings. The standard InChI is InChI=1S/C15H21N3O3S/c1-16-12-5-8-18(9-6-12)22(20,21)13-3-2-11-4-7-17-15(19)14(11)10-13/h2-3,10,12,16H,4-9H2,1H3,(H,17,19). The Kier molecular flexibility index (Phi) is 4.20. The van der Waals surface area contributed by atoms with Gasteiger partial charge in [-0.1, -0.05) is 6.07 Å². The molecule has 1 saturated heterocycles. The molecule has 22 heavy (non-hydrogen) atoms. The number of carbonyl (C=O) groups is 1. The summed E-state index contributed by atoms with van der Waals surface area (Å²) in [5.41, 5.74) is 1.40. The highest BCUT2D eigenvalue weighted by Gasteiger charge is 2.30. The van der Waals surface area contributed by atoms with E-state index >= 15 is 0 Å². The molecule has 0 aromatic heterocycles. The lowest BCUT2D eigenvalue weighted by molar-refractivity contribution is 0.0945. The second-order valence-electron chi connectivity index (χ2n) is 5.79. The predicted octanol–water partition coefficient (Wildman–Crippen LogP) is 0.345. The number of rotatable bonds is 3. The van der Waals surface area contributed by atoms with Gasteiger partial charge in [-0.25, -0.2) is 8.42 Å². The van der Waals surface area contributed by atoms with Gasteiger partial charge in [0.05, 0.1) is 4.90 Å². The van der Waals surface area contributed by atoms with E-state index in [2.05, 4.69) is 10.6 Å². The van der Waals surface area contributed by atoms with Crippen LogP contribution < -0.4 is 10.6 Å². The SMILES string of the molecule is CNC1CCN(S(=O)(=O)c2ccc3c(c2)C(=O)NCC3)CC1. The van der Waals surface area contributed by atoms with Crippen LogP contribution >= 0.6 is 0 Å². The van der Waals surface area contributed by atoms with Gasteiger partial charge in [-0.05, 0) is 44.0 Å². The van der Waals surface area contributed by atoms with Crippen LogP contribution in [0.3, 0.4) is 0 Å². The maximum absolute atomic E-state index is 12.7. The molecule has 0 saturated carbocycles. The van der Waals surface area contributed by atoms with E-state index in [-0.39, 0.29) is 10.8 Å². The monoisotopic (exact) mass is 323 g/mol. The minimum atomic E-state index is -3.53. The molecule has 2 aliphatic rings. The molecule has 7 heteroatoms. The zero-order chi connectivity index (χ0) is 15.7. The molecular formula is C15H21N3O3S. The molecule has 0 bridgehead atoms. The van der Waals surface area contributed by atoms with Crippen molar-refractivity contribution >= 4 is 15.9 Å². The lowest BCUT2D eigenvalue weighted by atomic mass is 10.0. The minimum absolute atomic E-state index is 0.188. The van der Waals surface area contributed by atoms with Crippen LogP contribution in [0.2, 0.25) is 0 Å². The van der Waals surface area contributed by atoms with Crippen molar-refractivity contribution in [3.05, 3.63) is 29.3 Å². The zero-order valence-electron chi connectivity index (χ0n) is 12.6. The van der Waals surface area contributed by atoms with Gasteiger partial charge in [0, 0.05) is 31.2 Å². The number of hydrogen-bond donors (Lipinski definition) is 2.